The Morgan fingerprint density at radius 1 is 1.24 bits per heavy atom. The van der Waals surface area contributed by atoms with Crippen molar-refractivity contribution in [3.63, 3.8) is 0 Å². The van der Waals surface area contributed by atoms with Gasteiger partial charge in [-0.25, -0.2) is 4.39 Å². The van der Waals surface area contributed by atoms with Gasteiger partial charge in [-0.15, -0.1) is 0 Å². The first-order chi connectivity index (χ1) is 7.70. The Bertz CT molecular complexity index is 424. The predicted octanol–water partition coefficient (Wildman–Crippen LogP) is 3.33. The molecule has 0 aliphatic carbocycles. The van der Waals surface area contributed by atoms with E-state index in [1.165, 1.54) is 12.1 Å². The van der Waals surface area contributed by atoms with Crippen LogP contribution in [0.1, 0.15) is 26.3 Å². The van der Waals surface area contributed by atoms with Gasteiger partial charge in [-0.1, -0.05) is 20.8 Å². The number of amides is 1. The maximum Gasteiger partial charge on any atom is 0.315 e. The highest BCUT2D eigenvalue weighted by Gasteiger charge is 2.18. The first kappa shape index (κ1) is 13.5. The number of carbonyl (C=O) groups is 1. The van der Waals surface area contributed by atoms with E-state index in [1.807, 2.05) is 26.1 Å². The smallest absolute Gasteiger partial charge is 0.315 e. The van der Waals surface area contributed by atoms with Crippen LogP contribution in [0.2, 0.25) is 0 Å². The van der Waals surface area contributed by atoms with Crippen molar-refractivity contribution in [3.8, 4) is 0 Å². The van der Waals surface area contributed by atoms with Gasteiger partial charge in [0.25, 0.3) is 5.91 Å². The van der Waals surface area contributed by atoms with Gasteiger partial charge in [0.05, 0.1) is 0 Å². The average molecular weight is 245 g/mol. The summed E-state index contributed by atoms with van der Waals surface area (Å²) in [5.74, 6) is -2.00. The van der Waals surface area contributed by atoms with Crippen LogP contribution in [0.4, 0.5) is 18.9 Å². The molecule has 0 aliphatic heterocycles. The molecule has 1 aromatic rings. The highest BCUT2D eigenvalue weighted by Crippen LogP contribution is 2.26. The van der Waals surface area contributed by atoms with Gasteiger partial charge in [-0.3, -0.25) is 4.79 Å². The third-order valence-electron chi connectivity index (χ3n) is 2.23. The molecule has 0 atom stereocenters. The summed E-state index contributed by atoms with van der Waals surface area (Å²) < 4.78 is 37.4. The molecule has 0 radical (unpaired) electrons. The molecular formula is C12H14F3NO. The summed E-state index contributed by atoms with van der Waals surface area (Å²) in [5, 5.41) is 1.97. The van der Waals surface area contributed by atoms with Crippen LogP contribution in [0, 0.1) is 5.82 Å². The summed E-state index contributed by atoms with van der Waals surface area (Å²) >= 11 is 0. The van der Waals surface area contributed by atoms with Crippen LogP contribution in [0.25, 0.3) is 0 Å². The Labute approximate surface area is 97.8 Å². The van der Waals surface area contributed by atoms with E-state index in [-0.39, 0.29) is 11.1 Å². The fourth-order valence-corrected chi connectivity index (χ4v) is 1.29. The second-order valence-electron chi connectivity index (χ2n) is 4.77. The van der Waals surface area contributed by atoms with E-state index >= 15 is 0 Å². The maximum absolute atomic E-state index is 13.3. The first-order valence-electron chi connectivity index (χ1n) is 5.10. The standard InChI is InChI=1S/C12H14F3NO/c1-12(2,3)7-4-8(13)6-9(5-7)16-11(17)10(14)15/h4-6,10H,1-3H3,(H,16,17). The van der Waals surface area contributed by atoms with Crippen LogP contribution in [-0.4, -0.2) is 12.3 Å². The van der Waals surface area contributed by atoms with Gasteiger partial charge in [0, 0.05) is 5.69 Å². The molecule has 5 heteroatoms. The molecule has 0 bridgehead atoms. The second kappa shape index (κ2) is 4.77. The van der Waals surface area contributed by atoms with E-state index in [0.29, 0.717) is 5.56 Å². The van der Waals surface area contributed by atoms with Gasteiger partial charge in [-0.2, -0.15) is 8.78 Å². The zero-order valence-electron chi connectivity index (χ0n) is 9.85. The lowest BCUT2D eigenvalue weighted by molar-refractivity contribution is -0.126. The average Bonchev–Trinajstić information content (AvgIpc) is 2.15. The summed E-state index contributed by atoms with van der Waals surface area (Å²) in [6, 6.07) is 3.82. The summed E-state index contributed by atoms with van der Waals surface area (Å²) in [6.07, 6.45) is -3.11. The number of carbonyl (C=O) groups excluding carboxylic acids is 1. The highest BCUT2D eigenvalue weighted by molar-refractivity contribution is 5.93. The predicted molar refractivity (Wildman–Crippen MR) is 59.7 cm³/mol. The summed E-state index contributed by atoms with van der Waals surface area (Å²) in [4.78, 5) is 10.8. The summed E-state index contributed by atoms with van der Waals surface area (Å²) in [6.45, 7) is 5.58. The summed E-state index contributed by atoms with van der Waals surface area (Å²) in [7, 11) is 0. The summed E-state index contributed by atoms with van der Waals surface area (Å²) in [5.41, 5.74) is 0.342. The number of alkyl halides is 2. The van der Waals surface area contributed by atoms with Crippen molar-refractivity contribution in [2.75, 3.05) is 5.32 Å². The van der Waals surface area contributed by atoms with Crippen molar-refractivity contribution in [3.05, 3.63) is 29.6 Å². The largest absolute Gasteiger partial charge is 0.321 e. The van der Waals surface area contributed by atoms with Crippen molar-refractivity contribution in [2.24, 2.45) is 0 Å². The lowest BCUT2D eigenvalue weighted by atomic mass is 9.87. The minimum atomic E-state index is -3.11. The van der Waals surface area contributed by atoms with Gasteiger partial charge in [0.1, 0.15) is 5.82 Å². The van der Waals surface area contributed by atoms with E-state index in [4.69, 9.17) is 0 Å². The molecule has 94 valence electrons. The quantitative estimate of drug-likeness (QED) is 0.850. The Hall–Kier alpha value is -1.52. The van der Waals surface area contributed by atoms with Crippen LogP contribution in [-0.2, 0) is 10.2 Å². The lowest BCUT2D eigenvalue weighted by Crippen LogP contribution is -2.21. The van der Waals surface area contributed by atoms with Crippen molar-refractivity contribution in [1.29, 1.82) is 0 Å². The van der Waals surface area contributed by atoms with E-state index in [0.717, 1.165) is 6.07 Å². The molecule has 0 unspecified atom stereocenters. The molecule has 0 saturated carbocycles. The molecule has 0 heterocycles. The van der Waals surface area contributed by atoms with Gasteiger partial charge in [0.15, 0.2) is 0 Å². The van der Waals surface area contributed by atoms with Crippen molar-refractivity contribution in [2.45, 2.75) is 32.6 Å². The molecule has 0 saturated heterocycles. The van der Waals surface area contributed by atoms with Crippen LogP contribution in [0.5, 0.6) is 0 Å². The molecule has 1 rings (SSSR count). The lowest BCUT2D eigenvalue weighted by Gasteiger charge is -2.20. The third kappa shape index (κ3) is 3.76. The number of halogens is 3. The molecule has 0 spiro atoms. The van der Waals surface area contributed by atoms with Gasteiger partial charge >= 0.3 is 6.43 Å². The normalized spacial score (nSPS) is 11.7. The van der Waals surface area contributed by atoms with Crippen molar-refractivity contribution < 1.29 is 18.0 Å². The first-order valence-corrected chi connectivity index (χ1v) is 5.10. The van der Waals surface area contributed by atoms with E-state index in [2.05, 4.69) is 0 Å². The Balaban J connectivity index is 3.02. The molecule has 1 amide bonds. The number of benzene rings is 1. The van der Waals surface area contributed by atoms with Gasteiger partial charge in [0.2, 0.25) is 0 Å². The minimum Gasteiger partial charge on any atom is -0.321 e. The van der Waals surface area contributed by atoms with Crippen LogP contribution in [0.3, 0.4) is 0 Å². The van der Waals surface area contributed by atoms with E-state index in [9.17, 15) is 18.0 Å². The van der Waals surface area contributed by atoms with E-state index < -0.39 is 18.1 Å². The number of nitrogens with one attached hydrogen (secondary N) is 1. The molecule has 1 aromatic carbocycles. The zero-order valence-corrected chi connectivity index (χ0v) is 9.85. The monoisotopic (exact) mass is 245 g/mol. The fourth-order valence-electron chi connectivity index (χ4n) is 1.29. The number of hydrogen-bond acceptors (Lipinski definition) is 1. The molecule has 2 nitrogen and oxygen atoms in total. The SMILES string of the molecule is CC(C)(C)c1cc(F)cc(NC(=O)C(F)F)c1. The third-order valence-corrected chi connectivity index (χ3v) is 2.23. The Morgan fingerprint density at radius 2 is 1.82 bits per heavy atom. The molecule has 17 heavy (non-hydrogen) atoms. The maximum atomic E-state index is 13.3. The topological polar surface area (TPSA) is 29.1 Å². The molecular weight excluding hydrogens is 231 g/mol. The van der Waals surface area contributed by atoms with Crippen LogP contribution in [0.15, 0.2) is 18.2 Å². The Kier molecular flexibility index (Phi) is 3.80. The second-order valence-corrected chi connectivity index (χ2v) is 4.77. The Morgan fingerprint density at radius 3 is 2.29 bits per heavy atom. The van der Waals surface area contributed by atoms with E-state index in [1.54, 1.807) is 0 Å². The zero-order chi connectivity index (χ0) is 13.2. The van der Waals surface area contributed by atoms with Crippen molar-refractivity contribution in [1.82, 2.24) is 0 Å². The number of anilines is 1. The minimum absolute atomic E-state index is 0.0419. The highest BCUT2D eigenvalue weighted by atomic mass is 19.3. The van der Waals surface area contributed by atoms with Gasteiger partial charge in [-0.05, 0) is 29.2 Å². The fraction of sp³-hybridized carbons (Fsp3) is 0.417. The van der Waals surface area contributed by atoms with Gasteiger partial charge < -0.3 is 5.32 Å². The molecule has 0 aromatic heterocycles. The molecule has 0 fully saturated rings. The molecule has 0 aliphatic rings. The molecule has 1 N–H and O–H groups in total. The van der Waals surface area contributed by atoms with Crippen LogP contribution < -0.4 is 5.32 Å². The number of rotatable bonds is 2. The number of hydrogen-bond donors (Lipinski definition) is 1. The van der Waals surface area contributed by atoms with Crippen LogP contribution >= 0.6 is 0 Å². The van der Waals surface area contributed by atoms with Crippen molar-refractivity contribution >= 4 is 11.6 Å².